The molecule has 9 fully saturated rings. The molecule has 9 aliphatic rings. The number of morpholine rings is 1. The number of ether oxygens (including phenoxy) is 4. The topological polar surface area (TPSA) is 97.8 Å². The van der Waals surface area contributed by atoms with Crippen molar-refractivity contribution in [2.45, 2.75) is 142 Å². The molecule has 3 heterocycles. The maximum atomic E-state index is 12.9. The Bertz CT molecular complexity index is 1350. The summed E-state index contributed by atoms with van der Waals surface area (Å²) in [5.74, 6) is 2.65. The lowest BCUT2D eigenvalue weighted by Crippen LogP contribution is -2.60. The lowest BCUT2D eigenvalue weighted by Gasteiger charge is -2.64. The van der Waals surface area contributed by atoms with E-state index in [-0.39, 0.29) is 64.9 Å². The Kier molecular flexibility index (Phi) is 7.70. The van der Waals surface area contributed by atoms with Gasteiger partial charge < -0.3 is 33.9 Å². The highest BCUT2D eigenvalue weighted by atomic mass is 16.7. The van der Waals surface area contributed by atoms with Crippen LogP contribution in [0.15, 0.2) is 0 Å². The molecule has 13 atom stereocenters. The molecule has 0 bridgehead atoms. The van der Waals surface area contributed by atoms with E-state index in [1.54, 1.807) is 4.90 Å². The minimum absolute atomic E-state index is 0.0125. The summed E-state index contributed by atoms with van der Waals surface area (Å²) in [6.45, 7) is 15.8. The predicted octanol–water partition coefficient (Wildman–Crippen LogP) is 6.01. The highest BCUT2D eigenvalue weighted by Crippen LogP contribution is 2.89. The van der Waals surface area contributed by atoms with Gasteiger partial charge in [-0.1, -0.05) is 34.6 Å². The average Bonchev–Trinajstić information content (AvgIpc) is 3.96. The number of amides is 2. The maximum Gasteiger partial charge on any atom is 0.409 e. The Morgan fingerprint density at radius 1 is 0.918 bits per heavy atom. The fourth-order valence-corrected chi connectivity index (χ4v) is 14.3. The standard InChI is InChI=1S/C40H62N2O7/c1-24-19-26(22-47-35(45)41-15-6-16-41)48-33-32(24)37(4)13-14-40-23-39(40)12-11-29(36(2,3)27(39)9-10-28(40)38(37,5)34(33)44)49-31-21-42(17-18-46-31)30(43)20-25-7-8-25/h24-29,31-34,44H,6-23H2,1-5H3/t24-,26-,27+,28+,29+,31+,32+,33+,34+,37-,38-,39-,40+/m1/s1. The van der Waals surface area contributed by atoms with Crippen molar-refractivity contribution in [1.82, 2.24) is 9.80 Å². The molecule has 6 aliphatic carbocycles. The first-order chi connectivity index (χ1) is 23.3. The van der Waals surface area contributed by atoms with E-state index in [2.05, 4.69) is 34.6 Å². The number of carbonyl (C=O) groups excluding carboxylic acids is 2. The van der Waals surface area contributed by atoms with Gasteiger partial charge in [-0.15, -0.1) is 0 Å². The number of hydrogen-bond donors (Lipinski definition) is 1. The maximum absolute atomic E-state index is 12.9. The first kappa shape index (κ1) is 33.4. The zero-order chi connectivity index (χ0) is 34.1. The van der Waals surface area contributed by atoms with Crippen LogP contribution in [0.2, 0.25) is 0 Å². The van der Waals surface area contributed by atoms with Gasteiger partial charge in [0.05, 0.1) is 37.6 Å². The molecule has 9 nitrogen and oxygen atoms in total. The number of likely N-dealkylation sites (tertiary alicyclic amines) is 1. The summed E-state index contributed by atoms with van der Waals surface area (Å²) in [5.41, 5.74) is 0.412. The van der Waals surface area contributed by atoms with Gasteiger partial charge in [-0.05, 0) is 122 Å². The zero-order valence-corrected chi connectivity index (χ0v) is 30.8. The summed E-state index contributed by atoms with van der Waals surface area (Å²) in [6.07, 6.45) is 11.9. The highest BCUT2D eigenvalue weighted by molar-refractivity contribution is 5.76. The molecule has 274 valence electrons. The molecule has 3 aliphatic heterocycles. The molecule has 3 saturated heterocycles. The van der Waals surface area contributed by atoms with Crippen LogP contribution in [0.5, 0.6) is 0 Å². The van der Waals surface area contributed by atoms with Gasteiger partial charge in [-0.3, -0.25) is 4.79 Å². The summed E-state index contributed by atoms with van der Waals surface area (Å²) < 4.78 is 25.5. The third kappa shape index (κ3) is 4.68. The minimum Gasteiger partial charge on any atom is -0.447 e. The zero-order valence-electron chi connectivity index (χ0n) is 30.8. The fraction of sp³-hybridized carbons (Fsp3) is 0.950. The predicted molar refractivity (Wildman–Crippen MR) is 182 cm³/mol. The van der Waals surface area contributed by atoms with E-state index < -0.39 is 6.10 Å². The monoisotopic (exact) mass is 682 g/mol. The first-order valence-electron chi connectivity index (χ1n) is 20.1. The summed E-state index contributed by atoms with van der Waals surface area (Å²) in [4.78, 5) is 29.1. The molecule has 1 N–H and O–H groups in total. The largest absolute Gasteiger partial charge is 0.447 e. The number of aliphatic hydroxyl groups is 1. The molecule has 2 amide bonds. The molecule has 2 spiro atoms. The highest BCUT2D eigenvalue weighted by Gasteiger charge is 2.84. The van der Waals surface area contributed by atoms with Gasteiger partial charge in [0.25, 0.3) is 0 Å². The van der Waals surface area contributed by atoms with Crippen LogP contribution >= 0.6 is 0 Å². The molecule has 0 aromatic rings. The van der Waals surface area contributed by atoms with Crippen LogP contribution in [-0.2, 0) is 23.7 Å². The van der Waals surface area contributed by atoms with Crippen LogP contribution in [-0.4, -0.2) is 97.0 Å². The molecule has 0 aromatic heterocycles. The molecule has 49 heavy (non-hydrogen) atoms. The molecular formula is C40H62N2O7. The number of fused-ring (bicyclic) bond motifs is 4. The van der Waals surface area contributed by atoms with Gasteiger partial charge >= 0.3 is 6.09 Å². The van der Waals surface area contributed by atoms with Gasteiger partial charge in [0.15, 0.2) is 6.29 Å². The van der Waals surface area contributed by atoms with E-state index in [1.807, 2.05) is 4.90 Å². The van der Waals surface area contributed by atoms with Crippen molar-refractivity contribution in [3.63, 3.8) is 0 Å². The Balaban J connectivity index is 0.902. The second-order valence-corrected chi connectivity index (χ2v) is 19.5. The summed E-state index contributed by atoms with van der Waals surface area (Å²) in [6, 6.07) is 0. The minimum atomic E-state index is -0.517. The van der Waals surface area contributed by atoms with Crippen molar-refractivity contribution in [1.29, 1.82) is 0 Å². The number of rotatable bonds is 6. The SMILES string of the molecule is C[C@@H]1C[C@H](COC(=O)N2CCC2)O[C@H]2[C@H]1[C@@]1(C)CC[C@@]34C[C@@]35CC[C@H](O[C@H]3CN(C(=O)CC6CC6)CCO3)C(C)(C)[C@@H]5CC[C@H]4[C@]1(C)[C@H]2O. The van der Waals surface area contributed by atoms with Crippen molar-refractivity contribution in [3.05, 3.63) is 0 Å². The Labute approximate surface area is 293 Å². The molecule has 0 unspecified atom stereocenters. The van der Waals surface area contributed by atoms with E-state index >= 15 is 0 Å². The summed E-state index contributed by atoms with van der Waals surface area (Å²) in [7, 11) is 0. The fourth-order valence-electron chi connectivity index (χ4n) is 14.3. The van der Waals surface area contributed by atoms with Gasteiger partial charge in [-0.25, -0.2) is 4.79 Å². The first-order valence-corrected chi connectivity index (χ1v) is 20.1. The summed E-state index contributed by atoms with van der Waals surface area (Å²) in [5, 5.41) is 12.5. The Morgan fingerprint density at radius 2 is 1.67 bits per heavy atom. The van der Waals surface area contributed by atoms with Gasteiger partial charge in [-0.2, -0.15) is 0 Å². The van der Waals surface area contributed by atoms with Crippen molar-refractivity contribution in [2.75, 3.05) is 39.4 Å². The lowest BCUT2D eigenvalue weighted by molar-refractivity contribution is -0.248. The van der Waals surface area contributed by atoms with E-state index in [1.165, 1.54) is 38.5 Å². The summed E-state index contributed by atoms with van der Waals surface area (Å²) >= 11 is 0. The van der Waals surface area contributed by atoms with Crippen LogP contribution in [0.25, 0.3) is 0 Å². The molecule has 9 rings (SSSR count). The second kappa shape index (κ2) is 11.3. The van der Waals surface area contributed by atoms with Crippen LogP contribution < -0.4 is 0 Å². The number of aliphatic hydroxyl groups excluding tert-OH is 1. The quantitative estimate of drug-likeness (QED) is 0.367. The van der Waals surface area contributed by atoms with Gasteiger partial charge in [0.2, 0.25) is 5.91 Å². The van der Waals surface area contributed by atoms with Crippen molar-refractivity contribution >= 4 is 12.0 Å². The van der Waals surface area contributed by atoms with Crippen LogP contribution in [0.3, 0.4) is 0 Å². The van der Waals surface area contributed by atoms with E-state index in [4.69, 9.17) is 18.9 Å². The number of carbonyl (C=O) groups is 2. The smallest absolute Gasteiger partial charge is 0.409 e. The van der Waals surface area contributed by atoms with E-state index in [9.17, 15) is 14.7 Å². The van der Waals surface area contributed by atoms with E-state index in [0.717, 1.165) is 45.2 Å². The molecule has 9 heteroatoms. The molecular weight excluding hydrogens is 620 g/mol. The van der Waals surface area contributed by atoms with Crippen LogP contribution in [0, 0.1) is 56.7 Å². The van der Waals surface area contributed by atoms with Crippen molar-refractivity contribution in [2.24, 2.45) is 56.7 Å². The van der Waals surface area contributed by atoms with Crippen LogP contribution in [0.4, 0.5) is 4.79 Å². The Morgan fingerprint density at radius 3 is 2.41 bits per heavy atom. The van der Waals surface area contributed by atoms with Crippen molar-refractivity contribution in [3.8, 4) is 0 Å². The molecule has 6 saturated carbocycles. The molecule has 0 radical (unpaired) electrons. The average molecular weight is 683 g/mol. The van der Waals surface area contributed by atoms with Crippen molar-refractivity contribution < 1.29 is 33.6 Å². The van der Waals surface area contributed by atoms with E-state index in [0.29, 0.717) is 61.1 Å². The third-order valence-corrected chi connectivity index (χ3v) is 17.2. The molecule has 0 aromatic carbocycles. The van der Waals surface area contributed by atoms with Gasteiger partial charge in [0.1, 0.15) is 6.61 Å². The lowest BCUT2D eigenvalue weighted by atomic mass is 9.41. The normalized spacial score (nSPS) is 50.9. The third-order valence-electron chi connectivity index (χ3n) is 17.2. The number of nitrogens with zero attached hydrogens (tertiary/aromatic N) is 2. The second-order valence-electron chi connectivity index (χ2n) is 19.5. The van der Waals surface area contributed by atoms with Gasteiger partial charge in [0, 0.05) is 31.5 Å². The Hall–Kier alpha value is -1.42. The number of hydrogen-bond acceptors (Lipinski definition) is 7. The van der Waals surface area contributed by atoms with Crippen LogP contribution in [0.1, 0.15) is 112 Å².